The van der Waals surface area contributed by atoms with Crippen molar-refractivity contribution in [2.45, 2.75) is 25.5 Å². The summed E-state index contributed by atoms with van der Waals surface area (Å²) in [6, 6.07) is 7.03. The molecule has 26 heavy (non-hydrogen) atoms. The number of aromatic nitrogens is 1. The molecule has 0 N–H and O–H groups in total. The van der Waals surface area contributed by atoms with E-state index in [-0.39, 0.29) is 0 Å². The van der Waals surface area contributed by atoms with Crippen LogP contribution in [0.2, 0.25) is 10.0 Å². The molecule has 0 aliphatic heterocycles. The lowest BCUT2D eigenvalue weighted by Gasteiger charge is -2.18. The molecule has 0 spiro atoms. The minimum atomic E-state index is -1.44. The molecular weight excluding hydrogens is 411 g/mol. The van der Waals surface area contributed by atoms with Gasteiger partial charge >= 0.3 is 0 Å². The van der Waals surface area contributed by atoms with Crippen molar-refractivity contribution < 1.29 is 9.29 Å². The molecule has 0 aliphatic rings. The number of pyridine rings is 1. The number of benzene rings is 1. The van der Waals surface area contributed by atoms with Crippen LogP contribution in [-0.4, -0.2) is 32.7 Å². The molecule has 1 aromatic heterocycles. The van der Waals surface area contributed by atoms with E-state index in [0.717, 1.165) is 0 Å². The topological polar surface area (TPSA) is 57.5 Å². The molecule has 1 unspecified atom stereocenters. The summed E-state index contributed by atoms with van der Waals surface area (Å²) in [7, 11) is 1.50. The second-order valence-corrected chi connectivity index (χ2v) is 9.40. The van der Waals surface area contributed by atoms with Gasteiger partial charge in [-0.3, -0.25) is 4.98 Å². The van der Waals surface area contributed by atoms with Crippen molar-refractivity contribution in [1.82, 2.24) is 4.98 Å². The van der Waals surface area contributed by atoms with Gasteiger partial charge in [0.15, 0.2) is 5.05 Å². The Bertz CT molecular complexity index is 852. The van der Waals surface area contributed by atoms with Crippen LogP contribution in [0.25, 0.3) is 11.3 Å². The molecule has 0 fully saturated rings. The fourth-order valence-electron chi connectivity index (χ4n) is 2.05. The molecule has 1 atom stereocenters. The van der Waals surface area contributed by atoms with Crippen molar-refractivity contribution in [3.63, 3.8) is 0 Å². The first-order valence-corrected chi connectivity index (χ1v) is 9.91. The van der Waals surface area contributed by atoms with E-state index in [1.54, 1.807) is 24.4 Å². The lowest BCUT2D eigenvalue weighted by Crippen LogP contribution is -2.25. The van der Waals surface area contributed by atoms with Gasteiger partial charge in [0.25, 0.3) is 0 Å². The first-order valence-electron chi connectivity index (χ1n) is 7.64. The minimum Gasteiger partial charge on any atom is -0.591 e. The number of thiocarbonyl (C=S) groups is 1. The molecule has 0 saturated heterocycles. The van der Waals surface area contributed by atoms with E-state index in [9.17, 15) is 4.55 Å². The molecule has 1 heterocycles. The van der Waals surface area contributed by atoms with Gasteiger partial charge in [0, 0.05) is 17.3 Å². The van der Waals surface area contributed by atoms with Gasteiger partial charge in [-0.2, -0.15) is 0 Å². The Labute approximate surface area is 171 Å². The quantitative estimate of drug-likeness (QED) is 0.378. The molecule has 0 radical (unpaired) electrons. The third-order valence-electron chi connectivity index (χ3n) is 3.40. The average molecular weight is 429 g/mol. The van der Waals surface area contributed by atoms with Gasteiger partial charge in [-0.25, -0.2) is 0 Å². The summed E-state index contributed by atoms with van der Waals surface area (Å²) in [4.78, 5) is 4.42. The molecule has 1 aromatic carbocycles. The number of ether oxygens (including phenoxy) is 1. The largest absolute Gasteiger partial charge is 0.591 e. The van der Waals surface area contributed by atoms with Gasteiger partial charge in [-0.1, -0.05) is 33.7 Å². The van der Waals surface area contributed by atoms with Crippen LogP contribution in [-0.2, 0) is 16.1 Å². The summed E-state index contributed by atoms with van der Waals surface area (Å²) >= 11 is 16.4. The van der Waals surface area contributed by atoms with Crippen molar-refractivity contribution in [2.75, 3.05) is 7.11 Å². The summed E-state index contributed by atoms with van der Waals surface area (Å²) < 4.78 is 21.1. The average Bonchev–Trinajstić information content (AvgIpc) is 2.61. The van der Waals surface area contributed by atoms with E-state index in [2.05, 4.69) is 9.38 Å². The fourth-order valence-corrected chi connectivity index (χ4v) is 3.11. The molecule has 2 rings (SSSR count). The predicted octanol–water partition coefficient (Wildman–Crippen LogP) is 5.26. The number of hydrogen-bond acceptors (Lipinski definition) is 5. The van der Waals surface area contributed by atoms with Crippen LogP contribution in [0.5, 0.6) is 0 Å². The summed E-state index contributed by atoms with van der Waals surface area (Å²) in [6.07, 6.45) is 3.12. The third-order valence-corrected chi connectivity index (χ3v) is 5.95. The van der Waals surface area contributed by atoms with Gasteiger partial charge < -0.3 is 9.29 Å². The maximum absolute atomic E-state index is 12.3. The molecule has 8 heteroatoms. The minimum absolute atomic E-state index is 0.304. The Kier molecular flexibility index (Phi) is 7.05. The standard InChI is InChI=1S/C18H18Cl2N2O2S2/c1-18(2,3)26(23)22-10-13-11(7-8-14(19)15(13)20)16-12(17(25)24-4)6-5-9-21-16/h5-10H,1-4H3/b22-10+. The summed E-state index contributed by atoms with van der Waals surface area (Å²) in [5, 5.41) is 0.976. The fraction of sp³-hybridized carbons (Fsp3) is 0.278. The second kappa shape index (κ2) is 8.67. The highest BCUT2D eigenvalue weighted by atomic mass is 35.5. The van der Waals surface area contributed by atoms with Crippen LogP contribution in [0.1, 0.15) is 31.9 Å². The highest BCUT2D eigenvalue weighted by Gasteiger charge is 2.26. The van der Waals surface area contributed by atoms with E-state index in [0.29, 0.717) is 37.5 Å². The molecular formula is C18H18Cl2N2O2S2. The Morgan fingerprint density at radius 2 is 2.00 bits per heavy atom. The highest BCUT2D eigenvalue weighted by Crippen LogP contribution is 2.34. The predicted molar refractivity (Wildman–Crippen MR) is 114 cm³/mol. The Balaban J connectivity index is 2.64. The smallest absolute Gasteiger partial charge is 0.193 e. The summed E-state index contributed by atoms with van der Waals surface area (Å²) in [5.41, 5.74) is 2.43. The van der Waals surface area contributed by atoms with Crippen molar-refractivity contribution >= 4 is 58.0 Å². The van der Waals surface area contributed by atoms with Gasteiger partial charge in [0.2, 0.25) is 0 Å². The van der Waals surface area contributed by atoms with Crippen molar-refractivity contribution in [3.8, 4) is 11.3 Å². The second-order valence-electron chi connectivity index (χ2n) is 6.31. The van der Waals surface area contributed by atoms with Crippen molar-refractivity contribution in [2.24, 2.45) is 4.40 Å². The van der Waals surface area contributed by atoms with E-state index < -0.39 is 16.1 Å². The molecule has 2 aromatic rings. The lowest BCUT2D eigenvalue weighted by molar-refractivity contribution is 0.416. The normalized spacial score (nSPS) is 13.0. The monoisotopic (exact) mass is 428 g/mol. The van der Waals surface area contributed by atoms with E-state index >= 15 is 0 Å². The molecule has 0 amide bonds. The number of rotatable bonds is 4. The van der Waals surface area contributed by atoms with Gasteiger partial charge in [-0.15, -0.1) is 0 Å². The van der Waals surface area contributed by atoms with Crippen LogP contribution in [0.3, 0.4) is 0 Å². The molecule has 138 valence electrons. The maximum atomic E-state index is 12.3. The van der Waals surface area contributed by atoms with Crippen LogP contribution < -0.4 is 0 Å². The zero-order valence-electron chi connectivity index (χ0n) is 14.7. The highest BCUT2D eigenvalue weighted by molar-refractivity contribution is 7.91. The Morgan fingerprint density at radius 3 is 2.62 bits per heavy atom. The first kappa shape index (κ1) is 21.1. The summed E-state index contributed by atoms with van der Waals surface area (Å²) in [6.45, 7) is 5.53. The number of nitrogens with zero attached hydrogens (tertiary/aromatic N) is 2. The maximum Gasteiger partial charge on any atom is 0.193 e. The van der Waals surface area contributed by atoms with Gasteiger partial charge in [0.1, 0.15) is 16.1 Å². The lowest BCUT2D eigenvalue weighted by atomic mass is 10.0. The van der Waals surface area contributed by atoms with Gasteiger partial charge in [0.05, 0.1) is 34.6 Å². The van der Waals surface area contributed by atoms with Crippen molar-refractivity contribution in [1.29, 1.82) is 0 Å². The van der Waals surface area contributed by atoms with E-state index in [1.165, 1.54) is 13.3 Å². The zero-order valence-corrected chi connectivity index (χ0v) is 17.9. The van der Waals surface area contributed by atoms with Gasteiger partial charge in [-0.05, 0) is 51.2 Å². The summed E-state index contributed by atoms with van der Waals surface area (Å²) in [5.74, 6) is 0. The molecule has 0 saturated carbocycles. The van der Waals surface area contributed by atoms with Crippen molar-refractivity contribution in [3.05, 3.63) is 51.6 Å². The van der Waals surface area contributed by atoms with E-state index in [4.69, 9.17) is 40.2 Å². The molecule has 0 aliphatic carbocycles. The van der Waals surface area contributed by atoms with Crippen LogP contribution in [0, 0.1) is 0 Å². The Morgan fingerprint density at radius 1 is 1.31 bits per heavy atom. The van der Waals surface area contributed by atoms with E-state index in [1.807, 2.05) is 26.8 Å². The Hall–Kier alpha value is -1.18. The first-order chi connectivity index (χ1) is 12.2. The third kappa shape index (κ3) is 4.75. The van der Waals surface area contributed by atoms with Crippen LogP contribution in [0.4, 0.5) is 0 Å². The number of halogens is 2. The molecule has 0 bridgehead atoms. The van der Waals surface area contributed by atoms with Crippen LogP contribution >= 0.6 is 35.4 Å². The molecule has 4 nitrogen and oxygen atoms in total. The number of methoxy groups -OCH3 is 1. The van der Waals surface area contributed by atoms with Crippen LogP contribution in [0.15, 0.2) is 34.9 Å². The number of hydrogen-bond donors (Lipinski definition) is 0. The zero-order chi connectivity index (χ0) is 19.5. The SMILES string of the molecule is COC(=S)c1cccnc1-c1ccc(Cl)c(Cl)c1/C=N/[S+]([O-])C(C)(C)C.